The summed E-state index contributed by atoms with van der Waals surface area (Å²) in [5.74, 6) is 2.26. The van der Waals surface area contributed by atoms with Gasteiger partial charge in [0.05, 0.1) is 0 Å². The van der Waals surface area contributed by atoms with E-state index < -0.39 is 5.60 Å². The normalized spacial score (nSPS) is 14.3. The number of rotatable bonds is 8. The Morgan fingerprint density at radius 2 is 1.95 bits per heavy atom. The molecule has 0 radical (unpaired) electrons. The highest BCUT2D eigenvalue weighted by Crippen LogP contribution is 2.27. The Morgan fingerprint density at radius 3 is 2.45 bits per heavy atom. The fourth-order valence-electron chi connectivity index (χ4n) is 2.17. The van der Waals surface area contributed by atoms with E-state index in [1.54, 1.807) is 0 Å². The van der Waals surface area contributed by atoms with E-state index in [0.717, 1.165) is 36.7 Å². The van der Waals surface area contributed by atoms with Crippen molar-refractivity contribution in [3.05, 3.63) is 17.6 Å². The molecular weight excluding hydrogens is 250 g/mol. The molecular formula is C16H29N3O. The Balaban J connectivity index is 3.18. The second kappa shape index (κ2) is 7.58. The van der Waals surface area contributed by atoms with Crippen LogP contribution >= 0.6 is 0 Å². The number of nitrogens with one attached hydrogen (secondary N) is 1. The van der Waals surface area contributed by atoms with Crippen molar-refractivity contribution in [3.8, 4) is 0 Å². The zero-order valence-electron chi connectivity index (χ0n) is 13.8. The standard InChI is InChI=1S/C16H29N3O/c1-7-16(6,20-9-3)15-18-13(10-12(4)5)11-14(19-15)17-8-2/h11-12H,7-10H2,1-6H3,(H,17,18,19). The summed E-state index contributed by atoms with van der Waals surface area (Å²) < 4.78 is 5.91. The zero-order chi connectivity index (χ0) is 15.2. The molecule has 1 rings (SSSR count). The highest BCUT2D eigenvalue weighted by atomic mass is 16.5. The Bertz CT molecular complexity index is 420. The molecule has 0 aliphatic rings. The minimum absolute atomic E-state index is 0.411. The monoisotopic (exact) mass is 279 g/mol. The van der Waals surface area contributed by atoms with Gasteiger partial charge in [-0.2, -0.15) is 0 Å². The molecule has 1 aromatic heterocycles. The van der Waals surface area contributed by atoms with Gasteiger partial charge in [-0.25, -0.2) is 9.97 Å². The van der Waals surface area contributed by atoms with E-state index >= 15 is 0 Å². The molecule has 1 aromatic rings. The van der Waals surface area contributed by atoms with Crippen LogP contribution in [0.5, 0.6) is 0 Å². The molecule has 1 unspecified atom stereocenters. The SMILES string of the molecule is CCNc1cc(CC(C)C)nc(C(C)(CC)OCC)n1. The molecule has 0 spiro atoms. The molecule has 4 heteroatoms. The first-order valence-electron chi connectivity index (χ1n) is 7.71. The van der Waals surface area contributed by atoms with E-state index in [1.807, 2.05) is 6.92 Å². The molecule has 20 heavy (non-hydrogen) atoms. The topological polar surface area (TPSA) is 47.0 Å². The van der Waals surface area contributed by atoms with Crippen LogP contribution in [0.4, 0.5) is 5.82 Å². The van der Waals surface area contributed by atoms with Crippen molar-refractivity contribution >= 4 is 5.82 Å². The molecule has 0 saturated carbocycles. The summed E-state index contributed by atoms with van der Waals surface area (Å²) in [5, 5.41) is 3.29. The number of hydrogen-bond acceptors (Lipinski definition) is 4. The molecule has 1 heterocycles. The molecule has 0 fully saturated rings. The molecule has 0 aromatic carbocycles. The maximum absolute atomic E-state index is 5.91. The van der Waals surface area contributed by atoms with E-state index in [4.69, 9.17) is 9.72 Å². The Kier molecular flexibility index (Phi) is 6.40. The number of nitrogens with zero attached hydrogens (tertiary/aromatic N) is 2. The zero-order valence-corrected chi connectivity index (χ0v) is 13.8. The van der Waals surface area contributed by atoms with E-state index in [9.17, 15) is 0 Å². The van der Waals surface area contributed by atoms with Crippen molar-refractivity contribution < 1.29 is 4.74 Å². The van der Waals surface area contributed by atoms with Gasteiger partial charge < -0.3 is 10.1 Å². The van der Waals surface area contributed by atoms with Gasteiger partial charge in [0.25, 0.3) is 0 Å². The van der Waals surface area contributed by atoms with Gasteiger partial charge in [-0.3, -0.25) is 0 Å². The Labute approximate surface area is 123 Å². The van der Waals surface area contributed by atoms with Crippen LogP contribution in [0.3, 0.4) is 0 Å². The van der Waals surface area contributed by atoms with Gasteiger partial charge in [-0.1, -0.05) is 20.8 Å². The molecule has 0 bridgehead atoms. The second-order valence-corrected chi connectivity index (χ2v) is 5.71. The van der Waals surface area contributed by atoms with Crippen LogP contribution in [0.25, 0.3) is 0 Å². The van der Waals surface area contributed by atoms with Crippen molar-refractivity contribution in [2.24, 2.45) is 5.92 Å². The van der Waals surface area contributed by atoms with Gasteiger partial charge in [0.2, 0.25) is 0 Å². The average Bonchev–Trinajstić information content (AvgIpc) is 2.38. The van der Waals surface area contributed by atoms with E-state index in [0.29, 0.717) is 12.5 Å². The lowest BCUT2D eigenvalue weighted by Gasteiger charge is -2.27. The summed E-state index contributed by atoms with van der Waals surface area (Å²) in [7, 11) is 0. The molecule has 1 atom stereocenters. The summed E-state index contributed by atoms with van der Waals surface area (Å²) in [6.07, 6.45) is 1.82. The lowest BCUT2D eigenvalue weighted by molar-refractivity contribution is -0.0391. The maximum atomic E-state index is 5.91. The fourth-order valence-corrected chi connectivity index (χ4v) is 2.17. The third-order valence-corrected chi connectivity index (χ3v) is 3.37. The van der Waals surface area contributed by atoms with Crippen LogP contribution in [0.2, 0.25) is 0 Å². The third-order valence-electron chi connectivity index (χ3n) is 3.37. The van der Waals surface area contributed by atoms with Crippen LogP contribution < -0.4 is 5.32 Å². The summed E-state index contributed by atoms with van der Waals surface area (Å²) in [6, 6.07) is 2.05. The Hall–Kier alpha value is -1.16. The lowest BCUT2D eigenvalue weighted by Crippen LogP contribution is -2.29. The van der Waals surface area contributed by atoms with Crippen LogP contribution in [0.1, 0.15) is 59.5 Å². The van der Waals surface area contributed by atoms with Crippen LogP contribution in [-0.2, 0) is 16.8 Å². The summed E-state index contributed by atoms with van der Waals surface area (Å²) in [6.45, 7) is 14.2. The molecule has 114 valence electrons. The highest BCUT2D eigenvalue weighted by Gasteiger charge is 2.29. The largest absolute Gasteiger partial charge is 0.370 e. The minimum Gasteiger partial charge on any atom is -0.370 e. The number of hydrogen-bond donors (Lipinski definition) is 1. The van der Waals surface area contributed by atoms with Gasteiger partial charge >= 0.3 is 0 Å². The molecule has 0 aliphatic carbocycles. The number of ether oxygens (including phenoxy) is 1. The van der Waals surface area contributed by atoms with Crippen molar-refractivity contribution in [1.82, 2.24) is 9.97 Å². The Morgan fingerprint density at radius 1 is 1.25 bits per heavy atom. The molecule has 0 amide bonds. The molecule has 4 nitrogen and oxygen atoms in total. The molecule has 1 N–H and O–H groups in total. The van der Waals surface area contributed by atoms with Crippen LogP contribution in [-0.4, -0.2) is 23.1 Å². The maximum Gasteiger partial charge on any atom is 0.162 e. The fraction of sp³-hybridized carbons (Fsp3) is 0.750. The summed E-state index contributed by atoms with van der Waals surface area (Å²) in [5.41, 5.74) is 0.673. The van der Waals surface area contributed by atoms with Gasteiger partial charge in [0, 0.05) is 24.9 Å². The van der Waals surface area contributed by atoms with Crippen molar-refractivity contribution in [2.45, 2.75) is 60.0 Å². The first-order chi connectivity index (χ1) is 9.45. The smallest absolute Gasteiger partial charge is 0.162 e. The summed E-state index contributed by atoms with van der Waals surface area (Å²) in [4.78, 5) is 9.39. The van der Waals surface area contributed by atoms with Gasteiger partial charge in [0.15, 0.2) is 5.82 Å². The van der Waals surface area contributed by atoms with Crippen molar-refractivity contribution in [2.75, 3.05) is 18.5 Å². The van der Waals surface area contributed by atoms with E-state index in [2.05, 4.69) is 51.0 Å². The quantitative estimate of drug-likeness (QED) is 0.787. The third kappa shape index (κ3) is 4.44. The summed E-state index contributed by atoms with van der Waals surface area (Å²) >= 11 is 0. The van der Waals surface area contributed by atoms with Crippen molar-refractivity contribution in [1.29, 1.82) is 0 Å². The number of anilines is 1. The average molecular weight is 279 g/mol. The number of aromatic nitrogens is 2. The first kappa shape index (κ1) is 16.9. The van der Waals surface area contributed by atoms with E-state index in [-0.39, 0.29) is 0 Å². The van der Waals surface area contributed by atoms with Gasteiger partial charge in [-0.05, 0) is 39.5 Å². The van der Waals surface area contributed by atoms with Crippen LogP contribution in [0, 0.1) is 5.92 Å². The predicted molar refractivity (Wildman–Crippen MR) is 84.0 cm³/mol. The van der Waals surface area contributed by atoms with Crippen molar-refractivity contribution in [3.63, 3.8) is 0 Å². The first-order valence-corrected chi connectivity index (χ1v) is 7.71. The minimum atomic E-state index is -0.411. The lowest BCUT2D eigenvalue weighted by atomic mass is 10.0. The van der Waals surface area contributed by atoms with Gasteiger partial charge in [0.1, 0.15) is 11.4 Å². The molecule has 0 saturated heterocycles. The molecule has 0 aliphatic heterocycles. The highest BCUT2D eigenvalue weighted by molar-refractivity contribution is 5.36. The van der Waals surface area contributed by atoms with Gasteiger partial charge in [-0.15, -0.1) is 0 Å². The predicted octanol–water partition coefficient (Wildman–Crippen LogP) is 3.77. The van der Waals surface area contributed by atoms with E-state index in [1.165, 1.54) is 0 Å². The van der Waals surface area contributed by atoms with Crippen LogP contribution in [0.15, 0.2) is 6.07 Å². The second-order valence-electron chi connectivity index (χ2n) is 5.71.